The molecule has 2 amide bonds. The maximum Gasteiger partial charge on any atom is 0.321 e. The number of anilines is 1. The summed E-state index contributed by atoms with van der Waals surface area (Å²) in [6.45, 7) is 8.28. The first kappa shape index (κ1) is 19.2. The van der Waals surface area contributed by atoms with Gasteiger partial charge in [-0.3, -0.25) is 10.1 Å². The topological polar surface area (TPSA) is 93.5 Å². The van der Waals surface area contributed by atoms with Crippen molar-refractivity contribution in [1.29, 1.82) is 0 Å². The second kappa shape index (κ2) is 7.86. The highest BCUT2D eigenvalue weighted by molar-refractivity contribution is 5.89. The number of nitro benzene ring substituents is 1. The fraction of sp³-hybridized carbons (Fsp3) is 0.316. The second-order valence-corrected chi connectivity index (χ2v) is 6.98. The van der Waals surface area contributed by atoms with Gasteiger partial charge in [-0.05, 0) is 30.0 Å². The van der Waals surface area contributed by atoms with Crippen LogP contribution in [0.5, 0.6) is 5.75 Å². The van der Waals surface area contributed by atoms with E-state index in [1.165, 1.54) is 18.2 Å². The van der Waals surface area contributed by atoms with Crippen LogP contribution in [0.25, 0.3) is 0 Å². The summed E-state index contributed by atoms with van der Waals surface area (Å²) in [5.41, 5.74) is 2.35. The minimum atomic E-state index is -0.516. The molecular formula is C19H23N3O4. The van der Waals surface area contributed by atoms with Crippen LogP contribution in [0.2, 0.25) is 0 Å². The van der Waals surface area contributed by atoms with Crippen LogP contribution in [0.1, 0.15) is 31.9 Å². The van der Waals surface area contributed by atoms with Gasteiger partial charge in [0.05, 0.1) is 4.92 Å². The third-order valence-electron chi connectivity index (χ3n) is 3.72. The van der Waals surface area contributed by atoms with Gasteiger partial charge in [0.1, 0.15) is 5.75 Å². The standard InChI is InChI=1S/C19H23N3O4/c1-13-8-9-17(16(10-13)19(2,3)4)26-12-20-18(23)21-14-6-5-7-15(11-14)22(24)25/h5-11H,12H2,1-4H3,(H2,20,21,23). The zero-order chi connectivity index (χ0) is 19.3. The van der Waals surface area contributed by atoms with Gasteiger partial charge in [-0.2, -0.15) is 0 Å². The van der Waals surface area contributed by atoms with E-state index in [-0.39, 0.29) is 17.8 Å². The molecule has 0 saturated carbocycles. The molecule has 7 nitrogen and oxygen atoms in total. The zero-order valence-electron chi connectivity index (χ0n) is 15.3. The molecule has 0 aliphatic rings. The van der Waals surface area contributed by atoms with E-state index in [4.69, 9.17) is 4.74 Å². The number of rotatable bonds is 5. The summed E-state index contributed by atoms with van der Waals surface area (Å²) < 4.78 is 5.71. The molecule has 138 valence electrons. The van der Waals surface area contributed by atoms with E-state index in [1.54, 1.807) is 6.07 Å². The molecule has 26 heavy (non-hydrogen) atoms. The van der Waals surface area contributed by atoms with Gasteiger partial charge >= 0.3 is 6.03 Å². The first-order chi connectivity index (χ1) is 12.2. The summed E-state index contributed by atoms with van der Waals surface area (Å²) in [5, 5.41) is 15.9. The Morgan fingerprint density at radius 1 is 1.19 bits per heavy atom. The Labute approximate surface area is 152 Å². The fourth-order valence-corrected chi connectivity index (χ4v) is 2.41. The summed E-state index contributed by atoms with van der Waals surface area (Å²) in [6, 6.07) is 11.1. The highest BCUT2D eigenvalue weighted by atomic mass is 16.6. The van der Waals surface area contributed by atoms with Gasteiger partial charge in [0.15, 0.2) is 6.73 Å². The van der Waals surface area contributed by atoms with Crippen LogP contribution in [0.4, 0.5) is 16.2 Å². The lowest BCUT2D eigenvalue weighted by Gasteiger charge is -2.23. The highest BCUT2D eigenvalue weighted by Crippen LogP contribution is 2.32. The second-order valence-electron chi connectivity index (χ2n) is 6.98. The number of carbonyl (C=O) groups is 1. The molecule has 7 heteroatoms. The average molecular weight is 357 g/mol. The van der Waals surface area contributed by atoms with Crippen molar-refractivity contribution in [1.82, 2.24) is 5.32 Å². The first-order valence-corrected chi connectivity index (χ1v) is 8.20. The number of non-ortho nitro benzene ring substituents is 1. The molecular weight excluding hydrogens is 334 g/mol. The number of carbonyl (C=O) groups excluding carboxylic acids is 1. The van der Waals surface area contributed by atoms with Crippen LogP contribution < -0.4 is 15.4 Å². The number of aryl methyl sites for hydroxylation is 1. The SMILES string of the molecule is Cc1ccc(OCNC(=O)Nc2cccc([N+](=O)[O-])c2)c(C(C)(C)C)c1. The molecule has 0 spiro atoms. The van der Waals surface area contributed by atoms with Crippen molar-refractivity contribution in [3.05, 3.63) is 63.7 Å². The van der Waals surface area contributed by atoms with Crippen molar-refractivity contribution in [2.75, 3.05) is 12.0 Å². The van der Waals surface area contributed by atoms with Crippen molar-refractivity contribution < 1.29 is 14.5 Å². The molecule has 0 aliphatic carbocycles. The van der Waals surface area contributed by atoms with E-state index < -0.39 is 11.0 Å². The summed E-state index contributed by atoms with van der Waals surface area (Å²) in [5.74, 6) is 0.707. The number of ether oxygens (including phenoxy) is 1. The maximum atomic E-state index is 11.9. The van der Waals surface area contributed by atoms with E-state index in [9.17, 15) is 14.9 Å². The van der Waals surface area contributed by atoms with Crippen LogP contribution in [0, 0.1) is 17.0 Å². The lowest BCUT2D eigenvalue weighted by Crippen LogP contribution is -2.32. The summed E-state index contributed by atoms with van der Waals surface area (Å²) >= 11 is 0. The van der Waals surface area contributed by atoms with Gasteiger partial charge in [0.2, 0.25) is 0 Å². The number of benzene rings is 2. The van der Waals surface area contributed by atoms with Gasteiger partial charge < -0.3 is 15.4 Å². The number of nitro groups is 1. The van der Waals surface area contributed by atoms with Crippen LogP contribution in [-0.2, 0) is 5.41 Å². The molecule has 0 aliphatic heterocycles. The molecule has 0 radical (unpaired) electrons. The normalized spacial score (nSPS) is 10.9. The Morgan fingerprint density at radius 3 is 2.58 bits per heavy atom. The third-order valence-corrected chi connectivity index (χ3v) is 3.72. The minimum absolute atomic E-state index is 0.0209. The van der Waals surface area contributed by atoms with Gasteiger partial charge in [0.25, 0.3) is 5.69 Å². The summed E-state index contributed by atoms with van der Waals surface area (Å²) in [6.07, 6.45) is 0. The number of hydrogen-bond acceptors (Lipinski definition) is 4. The average Bonchev–Trinajstić information content (AvgIpc) is 2.55. The molecule has 2 N–H and O–H groups in total. The third kappa shape index (κ3) is 5.20. The van der Waals surface area contributed by atoms with Gasteiger partial charge in [0, 0.05) is 17.8 Å². The van der Waals surface area contributed by atoms with E-state index in [0.29, 0.717) is 11.4 Å². The summed E-state index contributed by atoms with van der Waals surface area (Å²) in [7, 11) is 0. The van der Waals surface area contributed by atoms with Crippen molar-refractivity contribution in [2.45, 2.75) is 33.1 Å². The van der Waals surface area contributed by atoms with Crippen molar-refractivity contribution in [2.24, 2.45) is 0 Å². The van der Waals surface area contributed by atoms with Crippen molar-refractivity contribution >= 4 is 17.4 Å². The number of urea groups is 1. The molecule has 0 fully saturated rings. The molecule has 2 rings (SSSR count). The molecule has 0 unspecified atom stereocenters. The molecule has 0 heterocycles. The molecule has 0 bridgehead atoms. The molecule has 0 saturated heterocycles. The zero-order valence-corrected chi connectivity index (χ0v) is 15.3. The number of nitrogens with zero attached hydrogens (tertiary/aromatic N) is 1. The van der Waals surface area contributed by atoms with Crippen LogP contribution in [0.15, 0.2) is 42.5 Å². The quantitative estimate of drug-likeness (QED) is 0.472. The van der Waals surface area contributed by atoms with Gasteiger partial charge in [-0.1, -0.05) is 44.5 Å². The van der Waals surface area contributed by atoms with Crippen LogP contribution >= 0.6 is 0 Å². The van der Waals surface area contributed by atoms with Crippen molar-refractivity contribution in [3.8, 4) is 5.75 Å². The first-order valence-electron chi connectivity index (χ1n) is 8.20. The Hall–Kier alpha value is -3.09. The van der Waals surface area contributed by atoms with Gasteiger partial charge in [-0.25, -0.2) is 4.79 Å². The van der Waals surface area contributed by atoms with E-state index >= 15 is 0 Å². The number of nitrogens with one attached hydrogen (secondary N) is 2. The molecule has 0 atom stereocenters. The Bertz CT molecular complexity index is 813. The molecule has 2 aromatic carbocycles. The van der Waals surface area contributed by atoms with Crippen molar-refractivity contribution in [3.63, 3.8) is 0 Å². The number of hydrogen-bond donors (Lipinski definition) is 2. The monoisotopic (exact) mass is 357 g/mol. The highest BCUT2D eigenvalue weighted by Gasteiger charge is 2.19. The molecule has 2 aromatic rings. The molecule has 0 aromatic heterocycles. The van der Waals surface area contributed by atoms with Crippen LogP contribution in [0.3, 0.4) is 0 Å². The Balaban J connectivity index is 1.95. The number of amides is 2. The lowest BCUT2D eigenvalue weighted by atomic mass is 9.85. The Morgan fingerprint density at radius 2 is 1.92 bits per heavy atom. The Kier molecular flexibility index (Phi) is 5.82. The van der Waals surface area contributed by atoms with E-state index in [1.807, 2.05) is 19.1 Å². The summed E-state index contributed by atoms with van der Waals surface area (Å²) in [4.78, 5) is 22.2. The van der Waals surface area contributed by atoms with E-state index in [0.717, 1.165) is 11.1 Å². The van der Waals surface area contributed by atoms with E-state index in [2.05, 4.69) is 37.5 Å². The van der Waals surface area contributed by atoms with Crippen LogP contribution in [-0.4, -0.2) is 17.7 Å². The predicted octanol–water partition coefficient (Wildman–Crippen LogP) is 4.36. The predicted molar refractivity (Wildman–Crippen MR) is 101 cm³/mol. The fourth-order valence-electron chi connectivity index (χ4n) is 2.41. The van der Waals surface area contributed by atoms with Gasteiger partial charge in [-0.15, -0.1) is 0 Å². The lowest BCUT2D eigenvalue weighted by molar-refractivity contribution is -0.384. The smallest absolute Gasteiger partial charge is 0.321 e. The maximum absolute atomic E-state index is 11.9. The minimum Gasteiger partial charge on any atom is -0.473 e. The largest absolute Gasteiger partial charge is 0.473 e.